The van der Waals surface area contributed by atoms with Crippen molar-refractivity contribution in [3.05, 3.63) is 0 Å². The van der Waals surface area contributed by atoms with Gasteiger partial charge in [0.15, 0.2) is 5.79 Å². The molecule has 1 fully saturated rings. The molecule has 4 heteroatoms. The molecule has 1 rings (SSSR count). The van der Waals surface area contributed by atoms with Gasteiger partial charge in [0.1, 0.15) is 0 Å². The van der Waals surface area contributed by atoms with Crippen molar-refractivity contribution in [2.45, 2.75) is 38.6 Å². The summed E-state index contributed by atoms with van der Waals surface area (Å²) >= 11 is 0. The Kier molecular flexibility index (Phi) is 3.46. The number of nitrogens with two attached hydrogens (primary N) is 1. The fraction of sp³-hybridized carbons (Fsp3) is 1.00. The lowest BCUT2D eigenvalue weighted by atomic mass is 10.2. The summed E-state index contributed by atoms with van der Waals surface area (Å²) in [5, 5.41) is 0. The molecule has 2 N–H and O–H groups in total. The molecule has 0 unspecified atom stereocenters. The Morgan fingerprint density at radius 2 is 2.33 bits per heavy atom. The standard InChI is InChI=1S/C8H17NO3/c1-8(2)10-6-7(12-8)4-3-5-11-9/h7H,3-6,9H2,1-2H3/t7-/m1/s1. The van der Waals surface area contributed by atoms with E-state index in [4.69, 9.17) is 15.4 Å². The van der Waals surface area contributed by atoms with Crippen LogP contribution in [0.1, 0.15) is 26.7 Å². The molecule has 12 heavy (non-hydrogen) atoms. The molecule has 1 saturated heterocycles. The average Bonchev–Trinajstić information content (AvgIpc) is 2.31. The van der Waals surface area contributed by atoms with Gasteiger partial charge in [-0.25, -0.2) is 5.90 Å². The molecule has 72 valence electrons. The minimum absolute atomic E-state index is 0.204. The highest BCUT2D eigenvalue weighted by Crippen LogP contribution is 2.24. The molecular weight excluding hydrogens is 158 g/mol. The number of hydrogen-bond donors (Lipinski definition) is 1. The number of ether oxygens (including phenoxy) is 2. The van der Waals surface area contributed by atoms with Gasteiger partial charge in [0.2, 0.25) is 0 Å². The SMILES string of the molecule is CC1(C)OC[C@@H](CCCON)O1. The van der Waals surface area contributed by atoms with Crippen LogP contribution in [0.3, 0.4) is 0 Å². The molecule has 0 aromatic heterocycles. The maximum Gasteiger partial charge on any atom is 0.163 e. The second-order valence-electron chi connectivity index (χ2n) is 3.46. The first-order valence-corrected chi connectivity index (χ1v) is 4.27. The summed E-state index contributed by atoms with van der Waals surface area (Å²) < 4.78 is 11.0. The van der Waals surface area contributed by atoms with Crippen molar-refractivity contribution in [1.82, 2.24) is 0 Å². The zero-order valence-electron chi connectivity index (χ0n) is 7.71. The summed E-state index contributed by atoms with van der Waals surface area (Å²) in [6.45, 7) is 5.11. The number of hydrogen-bond acceptors (Lipinski definition) is 4. The van der Waals surface area contributed by atoms with Gasteiger partial charge in [0, 0.05) is 0 Å². The van der Waals surface area contributed by atoms with Crippen molar-refractivity contribution in [3.8, 4) is 0 Å². The van der Waals surface area contributed by atoms with Gasteiger partial charge in [0.05, 0.1) is 19.3 Å². The lowest BCUT2D eigenvalue weighted by molar-refractivity contribution is -0.139. The highest BCUT2D eigenvalue weighted by atomic mass is 16.7. The van der Waals surface area contributed by atoms with Crippen LogP contribution in [0, 0.1) is 0 Å². The molecule has 0 aromatic carbocycles. The van der Waals surface area contributed by atoms with Gasteiger partial charge >= 0.3 is 0 Å². The van der Waals surface area contributed by atoms with Gasteiger partial charge in [-0.1, -0.05) is 0 Å². The van der Waals surface area contributed by atoms with Crippen LogP contribution in [0.15, 0.2) is 0 Å². The van der Waals surface area contributed by atoms with E-state index in [0.717, 1.165) is 12.8 Å². The smallest absolute Gasteiger partial charge is 0.163 e. The third-order valence-corrected chi connectivity index (χ3v) is 1.86. The zero-order chi connectivity index (χ0) is 9.03. The summed E-state index contributed by atoms with van der Waals surface area (Å²) in [4.78, 5) is 4.46. The average molecular weight is 175 g/mol. The highest BCUT2D eigenvalue weighted by Gasteiger charge is 2.31. The maximum absolute atomic E-state index is 5.58. The lowest BCUT2D eigenvalue weighted by Crippen LogP contribution is -2.21. The second kappa shape index (κ2) is 4.18. The van der Waals surface area contributed by atoms with Crippen molar-refractivity contribution in [1.29, 1.82) is 0 Å². The van der Waals surface area contributed by atoms with Gasteiger partial charge < -0.3 is 14.3 Å². The third kappa shape index (κ3) is 3.06. The fourth-order valence-corrected chi connectivity index (χ4v) is 1.30. The maximum atomic E-state index is 5.58. The van der Waals surface area contributed by atoms with E-state index in [2.05, 4.69) is 4.84 Å². The Balaban J connectivity index is 2.11. The largest absolute Gasteiger partial charge is 0.348 e. The molecule has 1 heterocycles. The fourth-order valence-electron chi connectivity index (χ4n) is 1.30. The van der Waals surface area contributed by atoms with Crippen LogP contribution in [0.25, 0.3) is 0 Å². The summed E-state index contributed by atoms with van der Waals surface area (Å²) in [6, 6.07) is 0. The summed E-state index contributed by atoms with van der Waals surface area (Å²) in [7, 11) is 0. The van der Waals surface area contributed by atoms with Gasteiger partial charge in [-0.05, 0) is 26.7 Å². The quantitative estimate of drug-likeness (QED) is 0.507. The van der Waals surface area contributed by atoms with E-state index in [1.165, 1.54) is 0 Å². The van der Waals surface area contributed by atoms with Gasteiger partial charge in [-0.15, -0.1) is 0 Å². The van der Waals surface area contributed by atoms with Gasteiger partial charge in [-0.3, -0.25) is 0 Å². The molecule has 0 saturated carbocycles. The first kappa shape index (κ1) is 9.92. The first-order chi connectivity index (χ1) is 5.64. The molecule has 0 amide bonds. The minimum Gasteiger partial charge on any atom is -0.348 e. The van der Waals surface area contributed by atoms with E-state index in [1.54, 1.807) is 0 Å². The molecule has 0 radical (unpaired) electrons. The van der Waals surface area contributed by atoms with E-state index < -0.39 is 5.79 Å². The van der Waals surface area contributed by atoms with Crippen molar-refractivity contribution in [2.75, 3.05) is 13.2 Å². The van der Waals surface area contributed by atoms with Crippen molar-refractivity contribution in [2.24, 2.45) is 5.90 Å². The van der Waals surface area contributed by atoms with Crippen molar-refractivity contribution >= 4 is 0 Å². The van der Waals surface area contributed by atoms with Crippen LogP contribution < -0.4 is 5.90 Å². The van der Waals surface area contributed by atoms with Crippen molar-refractivity contribution < 1.29 is 14.3 Å². The summed E-state index contributed by atoms with van der Waals surface area (Å²) in [5.74, 6) is 4.49. The molecule has 0 aromatic rings. The topological polar surface area (TPSA) is 53.7 Å². The van der Waals surface area contributed by atoms with E-state index in [9.17, 15) is 0 Å². The van der Waals surface area contributed by atoms with Crippen LogP contribution in [-0.2, 0) is 14.3 Å². The van der Waals surface area contributed by atoms with Crippen molar-refractivity contribution in [3.63, 3.8) is 0 Å². The third-order valence-electron chi connectivity index (χ3n) is 1.86. The first-order valence-electron chi connectivity index (χ1n) is 4.27. The normalized spacial score (nSPS) is 27.8. The van der Waals surface area contributed by atoms with Crippen LogP contribution in [0.2, 0.25) is 0 Å². The van der Waals surface area contributed by atoms with E-state index >= 15 is 0 Å². The van der Waals surface area contributed by atoms with Crippen LogP contribution in [0.4, 0.5) is 0 Å². The molecule has 0 bridgehead atoms. The Morgan fingerprint density at radius 1 is 1.58 bits per heavy atom. The Labute approximate surface area is 72.9 Å². The molecule has 0 aliphatic carbocycles. The molecule has 4 nitrogen and oxygen atoms in total. The van der Waals surface area contributed by atoms with Crippen LogP contribution in [0.5, 0.6) is 0 Å². The zero-order valence-corrected chi connectivity index (χ0v) is 7.71. The lowest BCUT2D eigenvalue weighted by Gasteiger charge is -2.16. The number of rotatable bonds is 4. The summed E-state index contributed by atoms with van der Waals surface area (Å²) in [6.07, 6.45) is 2.07. The molecule has 0 spiro atoms. The summed E-state index contributed by atoms with van der Waals surface area (Å²) in [5.41, 5.74) is 0. The predicted molar refractivity (Wildman–Crippen MR) is 44.3 cm³/mol. The Bertz CT molecular complexity index is 138. The molecular formula is C8H17NO3. The second-order valence-corrected chi connectivity index (χ2v) is 3.46. The predicted octanol–water partition coefficient (Wildman–Crippen LogP) is 0.808. The molecule has 1 aliphatic rings. The van der Waals surface area contributed by atoms with Gasteiger partial charge in [-0.2, -0.15) is 0 Å². The van der Waals surface area contributed by atoms with Gasteiger partial charge in [0.25, 0.3) is 0 Å². The van der Waals surface area contributed by atoms with E-state index in [-0.39, 0.29) is 6.10 Å². The van der Waals surface area contributed by atoms with E-state index in [0.29, 0.717) is 13.2 Å². The monoisotopic (exact) mass is 175 g/mol. The Hall–Kier alpha value is -0.160. The van der Waals surface area contributed by atoms with Crippen LogP contribution >= 0.6 is 0 Å². The highest BCUT2D eigenvalue weighted by molar-refractivity contribution is 4.70. The minimum atomic E-state index is -0.408. The molecule has 1 atom stereocenters. The Morgan fingerprint density at radius 3 is 2.83 bits per heavy atom. The van der Waals surface area contributed by atoms with E-state index in [1.807, 2.05) is 13.8 Å². The van der Waals surface area contributed by atoms with Crippen LogP contribution in [-0.4, -0.2) is 25.1 Å². The molecule has 1 aliphatic heterocycles.